The van der Waals surface area contributed by atoms with Crippen LogP contribution in [0.5, 0.6) is 0 Å². The van der Waals surface area contributed by atoms with Crippen molar-refractivity contribution < 1.29 is 14.3 Å². The summed E-state index contributed by atoms with van der Waals surface area (Å²) in [6.45, 7) is 7.96. The molecule has 1 aliphatic heterocycles. The molecule has 1 amide bonds. The van der Waals surface area contributed by atoms with Crippen LogP contribution >= 0.6 is 12.2 Å². The van der Waals surface area contributed by atoms with Gasteiger partial charge in [-0.1, -0.05) is 36.4 Å². The Kier molecular flexibility index (Phi) is 5.98. The van der Waals surface area contributed by atoms with Crippen molar-refractivity contribution in [3.63, 3.8) is 0 Å². The predicted molar refractivity (Wildman–Crippen MR) is 117 cm³/mol. The Morgan fingerprint density at radius 1 is 1.14 bits per heavy atom. The summed E-state index contributed by atoms with van der Waals surface area (Å²) in [5, 5.41) is 9.49. The van der Waals surface area contributed by atoms with E-state index in [1.165, 1.54) is 7.11 Å². The lowest BCUT2D eigenvalue weighted by Crippen LogP contribution is -2.51. The van der Waals surface area contributed by atoms with Gasteiger partial charge in [-0.2, -0.15) is 0 Å². The Morgan fingerprint density at radius 3 is 2.45 bits per heavy atom. The SMILES string of the molecule is C=C1NC(=S)N[C@H](c2ccc(C(=O)OC)cc2)[C@@H]1C(=O)Nc1ccc(C)cc1C. The van der Waals surface area contributed by atoms with Gasteiger partial charge in [0.15, 0.2) is 5.11 Å². The van der Waals surface area contributed by atoms with Gasteiger partial charge in [0.25, 0.3) is 0 Å². The van der Waals surface area contributed by atoms with E-state index < -0.39 is 17.9 Å². The Balaban J connectivity index is 1.89. The lowest BCUT2D eigenvalue weighted by atomic mass is 9.88. The number of methoxy groups -OCH3 is 1. The van der Waals surface area contributed by atoms with Crippen LogP contribution in [0.1, 0.15) is 33.1 Å². The summed E-state index contributed by atoms with van der Waals surface area (Å²) >= 11 is 5.26. The molecular formula is C22H23N3O3S. The first-order valence-electron chi connectivity index (χ1n) is 9.13. The highest BCUT2D eigenvalue weighted by atomic mass is 32.1. The molecule has 1 saturated heterocycles. The van der Waals surface area contributed by atoms with E-state index in [1.807, 2.05) is 32.0 Å². The van der Waals surface area contributed by atoms with Crippen molar-refractivity contribution in [1.82, 2.24) is 10.6 Å². The lowest BCUT2D eigenvalue weighted by Gasteiger charge is -2.35. The van der Waals surface area contributed by atoms with Gasteiger partial charge in [-0.25, -0.2) is 4.79 Å². The molecule has 3 N–H and O–H groups in total. The zero-order valence-electron chi connectivity index (χ0n) is 16.5. The second-order valence-corrected chi connectivity index (χ2v) is 7.41. The molecule has 6 nitrogen and oxygen atoms in total. The number of esters is 1. The Hall–Kier alpha value is -3.19. The van der Waals surface area contributed by atoms with E-state index >= 15 is 0 Å². The van der Waals surface area contributed by atoms with E-state index in [0.717, 1.165) is 22.4 Å². The number of hydrogen-bond acceptors (Lipinski definition) is 4. The van der Waals surface area contributed by atoms with Gasteiger partial charge in [-0.05, 0) is 55.4 Å². The van der Waals surface area contributed by atoms with Crippen molar-refractivity contribution >= 4 is 34.9 Å². The van der Waals surface area contributed by atoms with Gasteiger partial charge in [0.05, 0.1) is 18.7 Å². The van der Waals surface area contributed by atoms with E-state index in [-0.39, 0.29) is 5.91 Å². The van der Waals surface area contributed by atoms with Crippen LogP contribution in [0.25, 0.3) is 0 Å². The first-order valence-corrected chi connectivity index (χ1v) is 9.53. The standard InChI is InChI=1S/C22H23N3O3S/c1-12-5-10-17(13(2)11-12)24-20(26)18-14(3)23-22(29)25-19(18)15-6-8-16(9-7-15)21(27)28-4/h5-11,18-19H,3H2,1-2,4H3,(H,24,26)(H2,23,25,29)/t18-,19-/m1/s1. The van der Waals surface area contributed by atoms with Gasteiger partial charge in [0, 0.05) is 11.4 Å². The normalized spacial score (nSPS) is 18.4. The van der Waals surface area contributed by atoms with E-state index in [0.29, 0.717) is 16.4 Å². The van der Waals surface area contributed by atoms with Crippen LogP contribution in [0.2, 0.25) is 0 Å². The van der Waals surface area contributed by atoms with Crippen molar-refractivity contribution in [2.45, 2.75) is 19.9 Å². The van der Waals surface area contributed by atoms with E-state index in [1.54, 1.807) is 24.3 Å². The molecule has 0 unspecified atom stereocenters. The fourth-order valence-electron chi connectivity index (χ4n) is 3.38. The van der Waals surface area contributed by atoms with E-state index in [2.05, 4.69) is 22.5 Å². The molecule has 0 spiro atoms. The molecule has 7 heteroatoms. The molecular weight excluding hydrogens is 386 g/mol. The average Bonchev–Trinajstić information content (AvgIpc) is 2.69. The lowest BCUT2D eigenvalue weighted by molar-refractivity contribution is -0.119. The highest BCUT2D eigenvalue weighted by Gasteiger charge is 2.36. The number of amides is 1. The molecule has 2 atom stereocenters. The number of aryl methyl sites for hydroxylation is 2. The van der Waals surface area contributed by atoms with Gasteiger partial charge < -0.3 is 20.7 Å². The van der Waals surface area contributed by atoms with Crippen LogP contribution in [0, 0.1) is 19.8 Å². The fraction of sp³-hybridized carbons (Fsp3) is 0.227. The number of anilines is 1. The predicted octanol–water partition coefficient (Wildman–Crippen LogP) is 3.38. The highest BCUT2D eigenvalue weighted by molar-refractivity contribution is 7.80. The van der Waals surface area contributed by atoms with Crippen LogP contribution in [-0.2, 0) is 9.53 Å². The minimum absolute atomic E-state index is 0.202. The first-order chi connectivity index (χ1) is 13.8. The highest BCUT2D eigenvalue weighted by Crippen LogP contribution is 2.31. The third-order valence-corrected chi connectivity index (χ3v) is 5.10. The second kappa shape index (κ2) is 8.45. The molecule has 1 aliphatic rings. The van der Waals surface area contributed by atoms with Crippen LogP contribution in [-0.4, -0.2) is 24.1 Å². The quantitative estimate of drug-likeness (QED) is 0.531. The molecule has 3 rings (SSSR count). The Labute approximate surface area is 175 Å². The van der Waals surface area contributed by atoms with Crippen molar-refractivity contribution in [2.24, 2.45) is 5.92 Å². The molecule has 1 heterocycles. The van der Waals surface area contributed by atoms with Crippen molar-refractivity contribution in [1.29, 1.82) is 0 Å². The maximum Gasteiger partial charge on any atom is 0.337 e. The number of nitrogens with one attached hydrogen (secondary N) is 3. The summed E-state index contributed by atoms with van der Waals surface area (Å²) in [5.74, 6) is -1.23. The third-order valence-electron chi connectivity index (χ3n) is 4.88. The number of carbonyl (C=O) groups is 2. The van der Waals surface area contributed by atoms with Crippen molar-refractivity contribution in [3.8, 4) is 0 Å². The molecule has 2 aromatic carbocycles. The van der Waals surface area contributed by atoms with Crippen LogP contribution in [0.15, 0.2) is 54.7 Å². The average molecular weight is 410 g/mol. The van der Waals surface area contributed by atoms with Crippen LogP contribution < -0.4 is 16.0 Å². The Morgan fingerprint density at radius 2 is 1.83 bits per heavy atom. The largest absolute Gasteiger partial charge is 0.465 e. The van der Waals surface area contributed by atoms with Gasteiger partial charge in [-0.15, -0.1) is 0 Å². The molecule has 0 bridgehead atoms. The first kappa shape index (κ1) is 20.5. The molecule has 0 aromatic heterocycles. The molecule has 0 saturated carbocycles. The minimum Gasteiger partial charge on any atom is -0.465 e. The summed E-state index contributed by atoms with van der Waals surface area (Å²) in [6.07, 6.45) is 0. The maximum atomic E-state index is 13.2. The summed E-state index contributed by atoms with van der Waals surface area (Å²) in [7, 11) is 1.33. The topological polar surface area (TPSA) is 79.5 Å². The van der Waals surface area contributed by atoms with E-state index in [9.17, 15) is 9.59 Å². The zero-order chi connectivity index (χ0) is 21.1. The van der Waals surface area contributed by atoms with Gasteiger partial charge >= 0.3 is 5.97 Å². The number of benzene rings is 2. The number of rotatable bonds is 4. The summed E-state index contributed by atoms with van der Waals surface area (Å²) in [6, 6.07) is 12.3. The van der Waals surface area contributed by atoms with Crippen LogP contribution in [0.3, 0.4) is 0 Å². The molecule has 29 heavy (non-hydrogen) atoms. The molecule has 0 radical (unpaired) electrons. The maximum absolute atomic E-state index is 13.2. The molecule has 150 valence electrons. The van der Waals surface area contributed by atoms with E-state index in [4.69, 9.17) is 17.0 Å². The second-order valence-electron chi connectivity index (χ2n) is 7.00. The monoisotopic (exact) mass is 409 g/mol. The van der Waals surface area contributed by atoms with Crippen molar-refractivity contribution in [3.05, 3.63) is 77.0 Å². The van der Waals surface area contributed by atoms with Gasteiger partial charge in [0.2, 0.25) is 5.91 Å². The number of ether oxygens (including phenoxy) is 1. The zero-order valence-corrected chi connectivity index (χ0v) is 17.4. The number of hydrogen-bond donors (Lipinski definition) is 3. The fourth-order valence-corrected chi connectivity index (χ4v) is 3.64. The van der Waals surface area contributed by atoms with Gasteiger partial charge in [0.1, 0.15) is 5.92 Å². The number of carbonyl (C=O) groups excluding carboxylic acids is 2. The van der Waals surface area contributed by atoms with Crippen molar-refractivity contribution in [2.75, 3.05) is 12.4 Å². The summed E-state index contributed by atoms with van der Waals surface area (Å²) in [4.78, 5) is 24.8. The Bertz CT molecular complexity index is 985. The molecule has 1 fully saturated rings. The number of thiocarbonyl (C=S) groups is 1. The third kappa shape index (κ3) is 4.46. The van der Waals surface area contributed by atoms with Gasteiger partial charge in [-0.3, -0.25) is 4.79 Å². The summed E-state index contributed by atoms with van der Waals surface area (Å²) < 4.78 is 4.74. The minimum atomic E-state index is -0.605. The molecule has 0 aliphatic carbocycles. The van der Waals surface area contributed by atoms with Crippen LogP contribution in [0.4, 0.5) is 5.69 Å². The smallest absolute Gasteiger partial charge is 0.337 e. The summed E-state index contributed by atoms with van der Waals surface area (Å²) in [5.41, 5.74) is 4.61. The molecule has 2 aromatic rings.